The van der Waals surface area contributed by atoms with Gasteiger partial charge in [-0.05, 0) is 55.8 Å². The van der Waals surface area contributed by atoms with Gasteiger partial charge < -0.3 is 15.1 Å². The molecular weight excluding hydrogens is 472 g/mol. The number of likely N-dealkylation sites (N-methyl/N-ethyl adjacent to an activating group) is 1. The summed E-state index contributed by atoms with van der Waals surface area (Å²) in [6.45, 7) is 4.15. The third-order valence-electron chi connectivity index (χ3n) is 6.53. The van der Waals surface area contributed by atoms with Gasteiger partial charge >= 0.3 is 0 Å². The molecule has 2 aliphatic heterocycles. The summed E-state index contributed by atoms with van der Waals surface area (Å²) in [4.78, 5) is 45.8. The van der Waals surface area contributed by atoms with E-state index in [0.29, 0.717) is 16.7 Å². The molecule has 1 unspecified atom stereocenters. The van der Waals surface area contributed by atoms with E-state index in [9.17, 15) is 14.4 Å². The lowest BCUT2D eigenvalue weighted by Gasteiger charge is -2.16. The number of carbonyl (C=O) groups is 3. The first-order valence-electron chi connectivity index (χ1n) is 10.9. The van der Waals surface area contributed by atoms with Gasteiger partial charge in [0, 0.05) is 47.4 Å². The Kier molecular flexibility index (Phi) is 5.45. The second-order valence-electron chi connectivity index (χ2n) is 9.13. The van der Waals surface area contributed by atoms with Gasteiger partial charge in [-0.1, -0.05) is 17.7 Å². The number of thiazole rings is 1. The summed E-state index contributed by atoms with van der Waals surface area (Å²) in [6, 6.07) is 12.9. The van der Waals surface area contributed by atoms with E-state index in [0.717, 1.165) is 28.2 Å². The van der Waals surface area contributed by atoms with Crippen LogP contribution in [-0.2, 0) is 19.8 Å². The van der Waals surface area contributed by atoms with E-state index in [2.05, 4.69) is 10.3 Å². The molecule has 2 aliphatic rings. The molecule has 5 rings (SSSR count). The molecule has 0 radical (unpaired) electrons. The molecule has 1 N–H and O–H groups in total. The lowest BCUT2D eigenvalue weighted by molar-refractivity contribution is -0.122. The van der Waals surface area contributed by atoms with E-state index in [4.69, 9.17) is 11.6 Å². The van der Waals surface area contributed by atoms with Crippen molar-refractivity contribution >= 4 is 57.2 Å². The molecule has 0 aliphatic carbocycles. The number of nitrogens with one attached hydrogen (secondary N) is 1. The molecule has 1 aromatic heterocycles. The Morgan fingerprint density at radius 3 is 2.65 bits per heavy atom. The highest BCUT2D eigenvalue weighted by Crippen LogP contribution is 2.42. The van der Waals surface area contributed by atoms with Crippen LogP contribution in [0.4, 0.5) is 16.5 Å². The number of nitrogens with zero attached hydrogens (tertiary/aromatic N) is 3. The smallest absolute Gasteiger partial charge is 0.236 e. The zero-order chi connectivity index (χ0) is 24.2. The van der Waals surface area contributed by atoms with Crippen molar-refractivity contribution in [3.63, 3.8) is 0 Å². The number of anilines is 3. The Balaban J connectivity index is 1.30. The number of fused-ring (bicyclic) bond motifs is 1. The van der Waals surface area contributed by atoms with Crippen molar-refractivity contribution < 1.29 is 14.4 Å². The molecule has 1 saturated heterocycles. The second kappa shape index (κ2) is 8.21. The van der Waals surface area contributed by atoms with Crippen LogP contribution in [0.2, 0.25) is 5.02 Å². The van der Waals surface area contributed by atoms with Crippen LogP contribution in [0, 0.1) is 5.92 Å². The third kappa shape index (κ3) is 3.76. The van der Waals surface area contributed by atoms with Crippen molar-refractivity contribution in [2.24, 2.45) is 5.92 Å². The van der Waals surface area contributed by atoms with Crippen LogP contribution >= 0.6 is 22.9 Å². The molecule has 34 heavy (non-hydrogen) atoms. The number of halogens is 1. The number of hydrogen-bond donors (Lipinski definition) is 1. The Bertz CT molecular complexity index is 1320. The first-order chi connectivity index (χ1) is 16.1. The molecule has 0 saturated carbocycles. The highest BCUT2D eigenvalue weighted by atomic mass is 35.5. The molecule has 1 atom stereocenters. The van der Waals surface area contributed by atoms with Gasteiger partial charge in [-0.2, -0.15) is 0 Å². The van der Waals surface area contributed by atoms with Crippen LogP contribution in [0.1, 0.15) is 25.8 Å². The fourth-order valence-electron chi connectivity index (χ4n) is 4.56. The van der Waals surface area contributed by atoms with E-state index in [-0.39, 0.29) is 24.1 Å². The highest BCUT2D eigenvalue weighted by molar-refractivity contribution is 7.14. The summed E-state index contributed by atoms with van der Waals surface area (Å²) in [7, 11) is 1.79. The number of rotatable bonds is 4. The molecule has 3 amide bonds. The molecule has 0 bridgehead atoms. The maximum absolute atomic E-state index is 12.9. The lowest BCUT2D eigenvalue weighted by Crippen LogP contribution is -2.33. The molecule has 0 spiro atoms. The van der Waals surface area contributed by atoms with Crippen LogP contribution in [0.3, 0.4) is 0 Å². The van der Waals surface area contributed by atoms with Crippen LogP contribution in [0.15, 0.2) is 47.8 Å². The maximum atomic E-state index is 12.9. The van der Waals surface area contributed by atoms with Gasteiger partial charge in [-0.15, -0.1) is 11.3 Å². The minimum absolute atomic E-state index is 0.0598. The molecule has 1 fully saturated rings. The Morgan fingerprint density at radius 2 is 1.91 bits per heavy atom. The van der Waals surface area contributed by atoms with E-state index < -0.39 is 11.3 Å². The van der Waals surface area contributed by atoms with Crippen molar-refractivity contribution in [2.45, 2.75) is 25.7 Å². The van der Waals surface area contributed by atoms with Gasteiger partial charge in [0.15, 0.2) is 5.13 Å². The van der Waals surface area contributed by atoms with Gasteiger partial charge in [0.05, 0.1) is 17.0 Å². The van der Waals surface area contributed by atoms with Crippen molar-refractivity contribution in [1.82, 2.24) is 4.98 Å². The Hall–Kier alpha value is -3.23. The zero-order valence-electron chi connectivity index (χ0n) is 19.0. The highest BCUT2D eigenvalue weighted by Gasteiger charge is 2.42. The Labute approximate surface area is 206 Å². The summed E-state index contributed by atoms with van der Waals surface area (Å²) >= 11 is 7.27. The average Bonchev–Trinajstić information content (AvgIpc) is 3.48. The molecule has 2 aromatic carbocycles. The van der Waals surface area contributed by atoms with Crippen molar-refractivity contribution in [3.05, 3.63) is 58.4 Å². The molecular formula is C25H23ClN4O3S. The topological polar surface area (TPSA) is 82.6 Å². The van der Waals surface area contributed by atoms with E-state index in [1.54, 1.807) is 41.1 Å². The second-order valence-corrected chi connectivity index (χ2v) is 10.4. The van der Waals surface area contributed by atoms with Crippen molar-refractivity contribution in [2.75, 3.05) is 28.7 Å². The fourth-order valence-corrected chi connectivity index (χ4v) is 5.41. The number of carbonyl (C=O) groups excluding carboxylic acids is 3. The number of aromatic nitrogens is 1. The van der Waals surface area contributed by atoms with Gasteiger partial charge in [-0.3, -0.25) is 14.4 Å². The lowest BCUT2D eigenvalue weighted by atomic mass is 9.85. The van der Waals surface area contributed by atoms with Gasteiger partial charge in [0.1, 0.15) is 0 Å². The monoisotopic (exact) mass is 494 g/mol. The summed E-state index contributed by atoms with van der Waals surface area (Å²) in [5.74, 6) is -0.724. The quantitative estimate of drug-likeness (QED) is 0.569. The van der Waals surface area contributed by atoms with Crippen LogP contribution < -0.4 is 15.1 Å². The summed E-state index contributed by atoms with van der Waals surface area (Å²) in [5, 5.41) is 5.81. The van der Waals surface area contributed by atoms with Gasteiger partial charge in [0.25, 0.3) is 0 Å². The normalized spacial score (nSPS) is 19.0. The average molecular weight is 495 g/mol. The molecule has 3 aromatic rings. The predicted octanol–water partition coefficient (Wildman–Crippen LogP) is 4.71. The minimum Gasteiger partial charge on any atom is -0.314 e. The van der Waals surface area contributed by atoms with E-state index in [1.165, 1.54) is 11.3 Å². The summed E-state index contributed by atoms with van der Waals surface area (Å²) in [5.41, 5.74) is 3.60. The van der Waals surface area contributed by atoms with E-state index in [1.807, 2.05) is 37.4 Å². The molecule has 3 heterocycles. The number of hydrogen-bond acceptors (Lipinski definition) is 5. The van der Waals surface area contributed by atoms with Crippen LogP contribution in [0.25, 0.3) is 11.3 Å². The predicted molar refractivity (Wildman–Crippen MR) is 135 cm³/mol. The van der Waals surface area contributed by atoms with E-state index >= 15 is 0 Å². The largest absolute Gasteiger partial charge is 0.314 e. The number of benzene rings is 2. The molecule has 174 valence electrons. The summed E-state index contributed by atoms with van der Waals surface area (Å²) < 4.78 is 0. The van der Waals surface area contributed by atoms with Crippen molar-refractivity contribution in [3.8, 4) is 11.3 Å². The third-order valence-corrected chi connectivity index (χ3v) is 7.54. The zero-order valence-corrected chi connectivity index (χ0v) is 20.5. The van der Waals surface area contributed by atoms with Gasteiger partial charge in [-0.25, -0.2) is 4.98 Å². The standard InChI is InChI=1S/C25H23ClN4O3S/c1-25(2)18-10-14(4-9-20(18)29(3)23(25)33)19-13-34-24(27-19)28-22(32)15-11-21(31)30(12-15)17-7-5-16(26)6-8-17/h4-10,13,15H,11-12H2,1-3H3,(H,27,28,32). The van der Waals surface area contributed by atoms with Gasteiger partial charge in [0.2, 0.25) is 17.7 Å². The summed E-state index contributed by atoms with van der Waals surface area (Å²) in [6.07, 6.45) is 0.147. The van der Waals surface area contributed by atoms with Crippen LogP contribution in [-0.4, -0.2) is 36.3 Å². The fraction of sp³-hybridized carbons (Fsp3) is 0.280. The first-order valence-corrected chi connectivity index (χ1v) is 12.2. The first kappa shape index (κ1) is 22.6. The molecule has 9 heteroatoms. The Morgan fingerprint density at radius 1 is 1.18 bits per heavy atom. The number of amides is 3. The molecule has 7 nitrogen and oxygen atoms in total. The SMILES string of the molecule is CN1C(=O)C(C)(C)c2cc(-c3csc(NC(=O)C4CC(=O)N(c5ccc(Cl)cc5)C4)n3)ccc21. The van der Waals surface area contributed by atoms with Crippen molar-refractivity contribution in [1.29, 1.82) is 0 Å². The minimum atomic E-state index is -0.599. The van der Waals surface area contributed by atoms with Crippen LogP contribution in [0.5, 0.6) is 0 Å². The maximum Gasteiger partial charge on any atom is 0.236 e.